The van der Waals surface area contributed by atoms with Crippen molar-refractivity contribution in [1.82, 2.24) is 10.6 Å². The van der Waals surface area contributed by atoms with E-state index in [9.17, 15) is 14.4 Å². The van der Waals surface area contributed by atoms with Crippen molar-refractivity contribution < 1.29 is 19.1 Å². The Balaban J connectivity index is 1.25. The van der Waals surface area contributed by atoms with Crippen molar-refractivity contribution in [2.45, 2.75) is 84.2 Å². The third-order valence-electron chi connectivity index (χ3n) is 7.35. The number of ether oxygens (including phenoxy) is 1. The lowest BCUT2D eigenvalue weighted by Crippen LogP contribution is -2.33. The van der Waals surface area contributed by atoms with Gasteiger partial charge in [0.2, 0.25) is 0 Å². The summed E-state index contributed by atoms with van der Waals surface area (Å²) in [4.78, 5) is 36.7. The number of hydrogen-bond donors (Lipinski definition) is 2. The van der Waals surface area contributed by atoms with Gasteiger partial charge >= 0.3 is 11.9 Å². The first-order valence-corrected chi connectivity index (χ1v) is 15.5. The van der Waals surface area contributed by atoms with Crippen LogP contribution in [-0.2, 0) is 27.4 Å². The fraction of sp³-hybridized carbons (Fsp3) is 0.417. The Kier molecular flexibility index (Phi) is 14.9. The predicted molar refractivity (Wildman–Crippen MR) is 169 cm³/mol. The van der Waals surface area contributed by atoms with Crippen molar-refractivity contribution in [3.63, 3.8) is 0 Å². The lowest BCUT2D eigenvalue weighted by Gasteiger charge is -2.08. The fourth-order valence-corrected chi connectivity index (χ4v) is 4.77. The molecule has 0 fully saturated rings. The molecule has 0 bridgehead atoms. The van der Waals surface area contributed by atoms with E-state index in [-0.39, 0.29) is 12.5 Å². The van der Waals surface area contributed by atoms with Crippen molar-refractivity contribution in [2.24, 2.45) is 0 Å². The number of esters is 1. The van der Waals surface area contributed by atoms with Gasteiger partial charge in [0.25, 0.3) is 5.91 Å². The molecule has 0 heterocycles. The summed E-state index contributed by atoms with van der Waals surface area (Å²) in [6.45, 7) is 3.21. The minimum atomic E-state index is -0.923. The molecule has 0 saturated heterocycles. The van der Waals surface area contributed by atoms with Gasteiger partial charge < -0.3 is 15.4 Å². The van der Waals surface area contributed by atoms with E-state index in [0.717, 1.165) is 29.5 Å². The van der Waals surface area contributed by atoms with Gasteiger partial charge in [-0.1, -0.05) is 131 Å². The second kappa shape index (κ2) is 19.2. The predicted octanol–water partition coefficient (Wildman–Crippen LogP) is 7.41. The van der Waals surface area contributed by atoms with Gasteiger partial charge in [0, 0.05) is 18.7 Å². The van der Waals surface area contributed by atoms with Crippen LogP contribution in [0.4, 0.5) is 0 Å². The van der Waals surface area contributed by atoms with E-state index in [1.165, 1.54) is 51.4 Å². The van der Waals surface area contributed by atoms with Gasteiger partial charge in [-0.3, -0.25) is 9.59 Å². The molecule has 0 aliphatic heterocycles. The van der Waals surface area contributed by atoms with Crippen LogP contribution in [-0.4, -0.2) is 30.9 Å². The SMILES string of the molecule is CCCCCCCCCCCCNC(=O)c1ccc(COC(=O)C(=O)NCCc2ccc(-c3ccccc3)cc2)cc1. The molecule has 0 aliphatic rings. The molecule has 0 atom stereocenters. The molecule has 0 radical (unpaired) electrons. The van der Waals surface area contributed by atoms with Crippen molar-refractivity contribution in [2.75, 3.05) is 13.1 Å². The van der Waals surface area contributed by atoms with Crippen LogP contribution in [0.2, 0.25) is 0 Å². The second-order valence-electron chi connectivity index (χ2n) is 10.8. The molecular formula is C36H46N2O4. The zero-order valence-electron chi connectivity index (χ0n) is 25.0. The molecule has 42 heavy (non-hydrogen) atoms. The van der Waals surface area contributed by atoms with Gasteiger partial charge in [0.15, 0.2) is 0 Å². The Bertz CT molecular complexity index is 1210. The third kappa shape index (κ3) is 12.3. The third-order valence-corrected chi connectivity index (χ3v) is 7.35. The second-order valence-corrected chi connectivity index (χ2v) is 10.8. The fourth-order valence-electron chi connectivity index (χ4n) is 4.77. The molecule has 0 saturated carbocycles. The van der Waals surface area contributed by atoms with E-state index < -0.39 is 11.9 Å². The molecule has 2 amide bonds. The van der Waals surface area contributed by atoms with Crippen LogP contribution in [0.15, 0.2) is 78.9 Å². The number of amides is 2. The maximum Gasteiger partial charge on any atom is 0.397 e. The zero-order valence-corrected chi connectivity index (χ0v) is 25.0. The number of carbonyl (C=O) groups excluding carboxylic acids is 3. The molecule has 0 unspecified atom stereocenters. The average molecular weight is 571 g/mol. The Labute approximate surface area is 251 Å². The summed E-state index contributed by atoms with van der Waals surface area (Å²) in [6.07, 6.45) is 13.2. The minimum absolute atomic E-state index is 0.0340. The quantitative estimate of drug-likeness (QED) is 0.0948. The molecule has 0 spiro atoms. The van der Waals surface area contributed by atoms with E-state index in [2.05, 4.69) is 29.7 Å². The highest BCUT2D eigenvalue weighted by Crippen LogP contribution is 2.19. The summed E-state index contributed by atoms with van der Waals surface area (Å²) in [7, 11) is 0. The maximum atomic E-state index is 12.4. The van der Waals surface area contributed by atoms with E-state index in [0.29, 0.717) is 30.6 Å². The molecule has 224 valence electrons. The van der Waals surface area contributed by atoms with Gasteiger partial charge in [-0.25, -0.2) is 4.79 Å². The highest BCUT2D eigenvalue weighted by molar-refractivity contribution is 6.32. The van der Waals surface area contributed by atoms with Crippen LogP contribution in [0.5, 0.6) is 0 Å². The largest absolute Gasteiger partial charge is 0.454 e. The van der Waals surface area contributed by atoms with Crippen LogP contribution in [0, 0.1) is 0 Å². The molecule has 6 heteroatoms. The van der Waals surface area contributed by atoms with Crippen LogP contribution < -0.4 is 10.6 Å². The molecule has 2 N–H and O–H groups in total. The molecule has 6 nitrogen and oxygen atoms in total. The van der Waals surface area contributed by atoms with Crippen molar-refractivity contribution in [3.8, 4) is 11.1 Å². The normalized spacial score (nSPS) is 10.7. The van der Waals surface area contributed by atoms with Gasteiger partial charge in [0.05, 0.1) is 0 Å². The minimum Gasteiger partial charge on any atom is -0.454 e. The van der Waals surface area contributed by atoms with E-state index in [1.807, 2.05) is 42.5 Å². The summed E-state index contributed by atoms with van der Waals surface area (Å²) in [5.74, 6) is -1.80. The smallest absolute Gasteiger partial charge is 0.397 e. The van der Waals surface area contributed by atoms with Crippen LogP contribution >= 0.6 is 0 Å². The number of hydrogen-bond acceptors (Lipinski definition) is 4. The molecule has 3 aromatic carbocycles. The molecule has 0 aliphatic carbocycles. The van der Waals surface area contributed by atoms with Crippen molar-refractivity contribution >= 4 is 17.8 Å². The molecular weight excluding hydrogens is 524 g/mol. The molecule has 3 rings (SSSR count). The Morgan fingerprint density at radius 3 is 1.81 bits per heavy atom. The summed E-state index contributed by atoms with van der Waals surface area (Å²) >= 11 is 0. The van der Waals surface area contributed by atoms with Gasteiger partial charge in [-0.15, -0.1) is 0 Å². The summed E-state index contributed by atoms with van der Waals surface area (Å²) in [5, 5.41) is 5.59. The van der Waals surface area contributed by atoms with E-state index in [4.69, 9.17) is 4.74 Å². The maximum absolute atomic E-state index is 12.4. The monoisotopic (exact) mass is 570 g/mol. The number of unbranched alkanes of at least 4 members (excludes halogenated alkanes) is 9. The zero-order chi connectivity index (χ0) is 29.8. The van der Waals surface area contributed by atoms with Crippen molar-refractivity contribution in [1.29, 1.82) is 0 Å². The number of carbonyl (C=O) groups is 3. The first kappa shape index (κ1) is 32.6. The van der Waals surface area contributed by atoms with Gasteiger partial charge in [-0.2, -0.15) is 0 Å². The summed E-state index contributed by atoms with van der Waals surface area (Å²) in [6, 6.07) is 25.2. The topological polar surface area (TPSA) is 84.5 Å². The molecule has 3 aromatic rings. The first-order chi connectivity index (χ1) is 20.6. The standard InChI is InChI=1S/C36H46N2O4/c1-2-3-4-5-6-7-8-9-10-14-26-37-34(39)33-23-19-30(20-24-33)28-42-36(41)35(40)38-27-25-29-17-21-32(22-18-29)31-15-12-11-13-16-31/h11-13,15-24H,2-10,14,25-28H2,1H3,(H,37,39)(H,38,40). The van der Waals surface area contributed by atoms with Gasteiger partial charge in [0.1, 0.15) is 6.61 Å². The highest BCUT2D eigenvalue weighted by Gasteiger charge is 2.15. The lowest BCUT2D eigenvalue weighted by atomic mass is 10.0. The summed E-state index contributed by atoms with van der Waals surface area (Å²) < 4.78 is 5.15. The van der Waals surface area contributed by atoms with Gasteiger partial charge in [-0.05, 0) is 47.2 Å². The number of benzene rings is 3. The number of nitrogens with one attached hydrogen (secondary N) is 2. The lowest BCUT2D eigenvalue weighted by molar-refractivity contribution is -0.155. The molecule has 0 aromatic heterocycles. The number of rotatable bonds is 18. The Morgan fingerprint density at radius 1 is 0.595 bits per heavy atom. The van der Waals surface area contributed by atoms with E-state index in [1.54, 1.807) is 24.3 Å². The van der Waals surface area contributed by atoms with Crippen LogP contribution in [0.3, 0.4) is 0 Å². The Hall–Kier alpha value is -3.93. The first-order valence-electron chi connectivity index (χ1n) is 15.5. The van der Waals surface area contributed by atoms with Crippen LogP contribution in [0.1, 0.15) is 92.6 Å². The average Bonchev–Trinajstić information content (AvgIpc) is 3.03. The highest BCUT2D eigenvalue weighted by atomic mass is 16.5. The summed E-state index contributed by atoms with van der Waals surface area (Å²) in [5.41, 5.74) is 4.62. The van der Waals surface area contributed by atoms with Crippen LogP contribution in [0.25, 0.3) is 11.1 Å². The Morgan fingerprint density at radius 2 is 1.17 bits per heavy atom. The van der Waals surface area contributed by atoms with E-state index >= 15 is 0 Å². The van der Waals surface area contributed by atoms with Crippen molar-refractivity contribution in [3.05, 3.63) is 95.6 Å².